The van der Waals surface area contributed by atoms with Crippen LogP contribution in [0.4, 0.5) is 11.8 Å². The smallest absolute Gasteiger partial charge is 0.222 e. The lowest BCUT2D eigenvalue weighted by atomic mass is 10.0. The van der Waals surface area contributed by atoms with E-state index >= 15 is 0 Å². The topological polar surface area (TPSA) is 84.9 Å². The molecule has 2 aromatic heterocycles. The molecule has 0 amide bonds. The van der Waals surface area contributed by atoms with Gasteiger partial charge in [0.2, 0.25) is 5.95 Å². The summed E-state index contributed by atoms with van der Waals surface area (Å²) in [6, 6.07) is 2.54. The Morgan fingerprint density at radius 1 is 1.28 bits per heavy atom. The molecule has 1 aliphatic rings. The van der Waals surface area contributed by atoms with Crippen molar-refractivity contribution >= 4 is 11.8 Å². The van der Waals surface area contributed by atoms with Crippen LogP contribution in [-0.2, 0) is 13.1 Å². The summed E-state index contributed by atoms with van der Waals surface area (Å²) in [6.45, 7) is 10.3. The molecule has 7 heteroatoms. The van der Waals surface area contributed by atoms with Crippen molar-refractivity contribution in [2.75, 3.05) is 23.7 Å². The van der Waals surface area contributed by atoms with Crippen LogP contribution >= 0.6 is 0 Å². The highest BCUT2D eigenvalue weighted by atomic mass is 15.2. The van der Waals surface area contributed by atoms with Crippen molar-refractivity contribution in [2.24, 2.45) is 5.92 Å². The van der Waals surface area contributed by atoms with Crippen LogP contribution in [0.5, 0.6) is 0 Å². The van der Waals surface area contributed by atoms with E-state index in [0.29, 0.717) is 17.9 Å². The second-order valence-electron chi connectivity index (χ2n) is 7.30. The molecule has 3 N–H and O–H groups in total. The molecule has 2 aromatic rings. The molecule has 1 fully saturated rings. The van der Waals surface area contributed by atoms with Crippen molar-refractivity contribution in [1.82, 2.24) is 24.8 Å². The third-order valence-corrected chi connectivity index (χ3v) is 4.61. The average Bonchev–Trinajstić information content (AvgIpc) is 2.99. The minimum atomic E-state index is 0.355. The number of aromatic nitrogens is 4. The van der Waals surface area contributed by atoms with Crippen LogP contribution in [-0.4, -0.2) is 38.7 Å². The molecule has 0 bridgehead atoms. The fraction of sp³-hybridized carbons (Fsp3) is 0.611. The number of hydrogen-bond acceptors (Lipinski definition) is 6. The molecule has 136 valence electrons. The van der Waals surface area contributed by atoms with E-state index in [1.165, 1.54) is 5.69 Å². The van der Waals surface area contributed by atoms with Gasteiger partial charge in [0, 0.05) is 50.2 Å². The summed E-state index contributed by atoms with van der Waals surface area (Å²) < 4.78 is 2.25. The Morgan fingerprint density at radius 2 is 2.04 bits per heavy atom. The number of nitrogens with one attached hydrogen (secondary N) is 1. The highest BCUT2D eigenvalue weighted by molar-refractivity contribution is 5.43. The quantitative estimate of drug-likeness (QED) is 0.834. The number of hydrogen-bond donors (Lipinski definition) is 2. The first-order valence-electron chi connectivity index (χ1n) is 9.09. The van der Waals surface area contributed by atoms with Crippen molar-refractivity contribution in [1.29, 1.82) is 0 Å². The third kappa shape index (κ3) is 4.69. The van der Waals surface area contributed by atoms with E-state index in [1.54, 1.807) is 0 Å². The molecule has 25 heavy (non-hydrogen) atoms. The van der Waals surface area contributed by atoms with Gasteiger partial charge in [-0.05, 0) is 25.7 Å². The number of nitrogens with zero attached hydrogens (tertiary/aromatic N) is 5. The number of nitrogen functional groups attached to an aromatic ring is 1. The number of rotatable bonds is 6. The van der Waals surface area contributed by atoms with Gasteiger partial charge in [0.25, 0.3) is 0 Å². The predicted octanol–water partition coefficient (Wildman–Crippen LogP) is 1.98. The normalized spacial score (nSPS) is 15.9. The highest BCUT2D eigenvalue weighted by Crippen LogP contribution is 2.19. The maximum atomic E-state index is 5.77. The summed E-state index contributed by atoms with van der Waals surface area (Å²) in [5.74, 6) is 1.92. The number of imidazole rings is 1. The SMILES string of the molecule is Cc1cc(N2CCC(NCc3cncn3CC(C)C)CC2)nc(N)n1. The second kappa shape index (κ2) is 7.82. The molecule has 3 heterocycles. The van der Waals surface area contributed by atoms with Crippen LogP contribution in [0, 0.1) is 12.8 Å². The summed E-state index contributed by atoms with van der Waals surface area (Å²) in [6.07, 6.45) is 6.10. The molecule has 0 unspecified atom stereocenters. The lowest BCUT2D eigenvalue weighted by molar-refractivity contribution is 0.403. The molecule has 0 atom stereocenters. The largest absolute Gasteiger partial charge is 0.368 e. The fourth-order valence-electron chi connectivity index (χ4n) is 3.35. The first-order valence-corrected chi connectivity index (χ1v) is 9.09. The second-order valence-corrected chi connectivity index (χ2v) is 7.30. The molecule has 0 saturated carbocycles. The number of piperidine rings is 1. The van der Waals surface area contributed by atoms with Gasteiger partial charge in [0.05, 0.1) is 12.0 Å². The summed E-state index contributed by atoms with van der Waals surface area (Å²) in [7, 11) is 0. The van der Waals surface area contributed by atoms with Gasteiger partial charge in [0.1, 0.15) is 5.82 Å². The van der Waals surface area contributed by atoms with Gasteiger partial charge in [0.15, 0.2) is 0 Å². The van der Waals surface area contributed by atoms with Crippen LogP contribution in [0.3, 0.4) is 0 Å². The standard InChI is InChI=1S/C18H29N7/c1-13(2)11-25-12-20-9-16(25)10-21-15-4-6-24(7-5-15)17-8-14(3)22-18(19)23-17/h8-9,12-13,15,21H,4-7,10-11H2,1-3H3,(H2,19,22,23). The van der Waals surface area contributed by atoms with Gasteiger partial charge in [-0.15, -0.1) is 0 Å². The van der Waals surface area contributed by atoms with E-state index in [9.17, 15) is 0 Å². The van der Waals surface area contributed by atoms with Crippen molar-refractivity contribution in [3.8, 4) is 0 Å². The first kappa shape index (κ1) is 17.7. The number of nitrogens with two attached hydrogens (primary N) is 1. The molecular formula is C18H29N7. The van der Waals surface area contributed by atoms with E-state index in [4.69, 9.17) is 5.73 Å². The molecule has 7 nitrogen and oxygen atoms in total. The van der Waals surface area contributed by atoms with Crippen LogP contribution in [0.1, 0.15) is 38.1 Å². The number of aryl methyl sites for hydroxylation is 1. The van der Waals surface area contributed by atoms with E-state index in [0.717, 1.165) is 50.5 Å². The molecule has 0 radical (unpaired) electrons. The lowest BCUT2D eigenvalue weighted by Crippen LogP contribution is -2.42. The zero-order chi connectivity index (χ0) is 17.8. The Morgan fingerprint density at radius 3 is 2.72 bits per heavy atom. The Bertz CT molecular complexity index is 666. The Balaban J connectivity index is 1.50. The van der Waals surface area contributed by atoms with Gasteiger partial charge >= 0.3 is 0 Å². The van der Waals surface area contributed by atoms with Gasteiger partial charge in [-0.2, -0.15) is 4.98 Å². The lowest BCUT2D eigenvalue weighted by Gasteiger charge is -2.33. The van der Waals surface area contributed by atoms with E-state index < -0.39 is 0 Å². The summed E-state index contributed by atoms with van der Waals surface area (Å²) in [4.78, 5) is 15.1. The van der Waals surface area contributed by atoms with E-state index in [1.807, 2.05) is 25.5 Å². The van der Waals surface area contributed by atoms with E-state index in [2.05, 4.69) is 43.6 Å². The van der Waals surface area contributed by atoms with Gasteiger partial charge in [-0.1, -0.05) is 13.8 Å². The summed E-state index contributed by atoms with van der Waals surface area (Å²) >= 11 is 0. The molecule has 1 aliphatic heterocycles. The number of anilines is 2. The maximum Gasteiger partial charge on any atom is 0.222 e. The van der Waals surface area contributed by atoms with Crippen LogP contribution in [0.25, 0.3) is 0 Å². The maximum absolute atomic E-state index is 5.77. The molecule has 1 saturated heterocycles. The summed E-state index contributed by atoms with van der Waals surface area (Å²) in [5, 5.41) is 3.69. The van der Waals surface area contributed by atoms with Gasteiger partial charge in [-0.3, -0.25) is 0 Å². The van der Waals surface area contributed by atoms with Crippen molar-refractivity contribution in [2.45, 2.75) is 52.7 Å². The van der Waals surface area contributed by atoms with Crippen molar-refractivity contribution in [3.05, 3.63) is 30.0 Å². The first-order chi connectivity index (χ1) is 12.0. The molecule has 3 rings (SSSR count). The Hall–Kier alpha value is -2.15. The monoisotopic (exact) mass is 343 g/mol. The average molecular weight is 343 g/mol. The third-order valence-electron chi connectivity index (χ3n) is 4.61. The predicted molar refractivity (Wildman–Crippen MR) is 100 cm³/mol. The molecule has 0 aliphatic carbocycles. The fourth-order valence-corrected chi connectivity index (χ4v) is 3.35. The summed E-state index contributed by atoms with van der Waals surface area (Å²) in [5.41, 5.74) is 7.95. The van der Waals surface area contributed by atoms with Crippen molar-refractivity contribution < 1.29 is 0 Å². The zero-order valence-electron chi connectivity index (χ0n) is 15.4. The van der Waals surface area contributed by atoms with Gasteiger partial charge < -0.3 is 20.5 Å². The zero-order valence-corrected chi connectivity index (χ0v) is 15.4. The molecule has 0 aromatic carbocycles. The van der Waals surface area contributed by atoms with Crippen LogP contribution < -0.4 is 16.0 Å². The Labute approximate surface area is 149 Å². The minimum Gasteiger partial charge on any atom is -0.368 e. The molecule has 0 spiro atoms. The Kier molecular flexibility index (Phi) is 5.53. The minimum absolute atomic E-state index is 0.355. The highest BCUT2D eigenvalue weighted by Gasteiger charge is 2.20. The molecular weight excluding hydrogens is 314 g/mol. The van der Waals surface area contributed by atoms with E-state index in [-0.39, 0.29) is 0 Å². The van der Waals surface area contributed by atoms with Crippen LogP contribution in [0.2, 0.25) is 0 Å². The van der Waals surface area contributed by atoms with Gasteiger partial charge in [-0.25, -0.2) is 9.97 Å². The van der Waals surface area contributed by atoms with Crippen molar-refractivity contribution in [3.63, 3.8) is 0 Å². The van der Waals surface area contributed by atoms with Crippen LogP contribution in [0.15, 0.2) is 18.6 Å².